The molecule has 0 fully saturated rings. The van der Waals surface area contributed by atoms with Gasteiger partial charge in [-0.1, -0.05) is 0 Å². The number of carboxylic acid groups (broad SMARTS) is 1. The van der Waals surface area contributed by atoms with E-state index in [1.165, 1.54) is 0 Å². The summed E-state index contributed by atoms with van der Waals surface area (Å²) < 4.78 is 1.85. The van der Waals surface area contributed by atoms with Gasteiger partial charge in [-0.15, -0.1) is 11.3 Å². The van der Waals surface area contributed by atoms with Crippen LogP contribution in [0.15, 0.2) is 6.20 Å². The molecular formula is C12H15N3O2S. The van der Waals surface area contributed by atoms with Crippen LogP contribution in [0.2, 0.25) is 0 Å². The van der Waals surface area contributed by atoms with E-state index in [1.807, 2.05) is 31.6 Å². The third kappa shape index (κ3) is 2.59. The zero-order chi connectivity index (χ0) is 13.3. The Balaban J connectivity index is 2.26. The van der Waals surface area contributed by atoms with Crippen molar-refractivity contribution in [3.05, 3.63) is 33.0 Å². The van der Waals surface area contributed by atoms with Crippen LogP contribution in [0.3, 0.4) is 0 Å². The number of aliphatic carboxylic acids is 1. The first-order valence-corrected chi connectivity index (χ1v) is 6.45. The van der Waals surface area contributed by atoms with Crippen molar-refractivity contribution in [3.63, 3.8) is 0 Å². The highest BCUT2D eigenvalue weighted by molar-refractivity contribution is 7.11. The Morgan fingerprint density at radius 3 is 2.72 bits per heavy atom. The van der Waals surface area contributed by atoms with E-state index in [2.05, 4.69) is 10.1 Å². The molecule has 0 atom stereocenters. The molecule has 18 heavy (non-hydrogen) atoms. The van der Waals surface area contributed by atoms with Crippen molar-refractivity contribution in [1.82, 2.24) is 14.8 Å². The summed E-state index contributed by atoms with van der Waals surface area (Å²) in [6.07, 6.45) is 1.87. The number of aryl methyl sites for hydroxylation is 2. The Labute approximate surface area is 109 Å². The van der Waals surface area contributed by atoms with Gasteiger partial charge in [0.05, 0.1) is 23.7 Å². The summed E-state index contributed by atoms with van der Waals surface area (Å²) in [6, 6.07) is 0. The van der Waals surface area contributed by atoms with Gasteiger partial charge in [-0.25, -0.2) is 4.98 Å². The second-order valence-corrected chi connectivity index (χ2v) is 5.54. The van der Waals surface area contributed by atoms with Crippen LogP contribution in [0, 0.1) is 20.8 Å². The van der Waals surface area contributed by atoms with Gasteiger partial charge in [-0.05, 0) is 20.8 Å². The molecular weight excluding hydrogens is 250 g/mol. The average Bonchev–Trinajstić information content (AvgIpc) is 2.78. The summed E-state index contributed by atoms with van der Waals surface area (Å²) in [7, 11) is 0. The Bertz CT molecular complexity index is 586. The molecule has 2 rings (SSSR count). The smallest absolute Gasteiger partial charge is 0.307 e. The Morgan fingerprint density at radius 1 is 1.44 bits per heavy atom. The summed E-state index contributed by atoms with van der Waals surface area (Å²) in [5.74, 6) is -0.825. The van der Waals surface area contributed by atoms with E-state index in [-0.39, 0.29) is 6.42 Å². The number of nitrogens with zero attached hydrogens (tertiary/aromatic N) is 3. The molecule has 1 N–H and O–H groups in total. The molecule has 0 aromatic carbocycles. The van der Waals surface area contributed by atoms with E-state index in [0.29, 0.717) is 6.54 Å². The lowest BCUT2D eigenvalue weighted by atomic mass is 10.1. The van der Waals surface area contributed by atoms with Gasteiger partial charge in [0, 0.05) is 22.3 Å². The molecule has 0 unspecified atom stereocenters. The van der Waals surface area contributed by atoms with E-state index in [9.17, 15) is 4.79 Å². The minimum Gasteiger partial charge on any atom is -0.481 e. The molecule has 5 nitrogen and oxygen atoms in total. The molecule has 0 amide bonds. The van der Waals surface area contributed by atoms with E-state index >= 15 is 0 Å². The van der Waals surface area contributed by atoms with Crippen molar-refractivity contribution >= 4 is 17.3 Å². The maximum absolute atomic E-state index is 10.8. The number of thiazole rings is 1. The first kappa shape index (κ1) is 12.8. The van der Waals surface area contributed by atoms with Crippen LogP contribution in [-0.2, 0) is 17.8 Å². The molecule has 96 valence electrons. The number of hydrogen-bond donors (Lipinski definition) is 1. The van der Waals surface area contributed by atoms with Gasteiger partial charge in [0.15, 0.2) is 0 Å². The second-order valence-electron chi connectivity index (χ2n) is 4.22. The maximum atomic E-state index is 10.8. The zero-order valence-corrected chi connectivity index (χ0v) is 11.4. The van der Waals surface area contributed by atoms with Gasteiger partial charge in [-0.3, -0.25) is 9.48 Å². The normalized spacial score (nSPS) is 10.8. The molecule has 0 aliphatic carbocycles. The van der Waals surface area contributed by atoms with Gasteiger partial charge in [0.1, 0.15) is 0 Å². The summed E-state index contributed by atoms with van der Waals surface area (Å²) in [5.41, 5.74) is 2.51. The summed E-state index contributed by atoms with van der Waals surface area (Å²) in [4.78, 5) is 16.1. The van der Waals surface area contributed by atoms with E-state index in [4.69, 9.17) is 5.11 Å². The minimum absolute atomic E-state index is 0.0272. The predicted molar refractivity (Wildman–Crippen MR) is 69.0 cm³/mol. The summed E-state index contributed by atoms with van der Waals surface area (Å²) in [5, 5.41) is 14.3. The third-order valence-electron chi connectivity index (χ3n) is 2.83. The SMILES string of the molecule is Cc1ncc(Cn2nc(C)c(CC(=O)O)c2C)s1. The topological polar surface area (TPSA) is 68.0 Å². The monoisotopic (exact) mass is 265 g/mol. The third-order valence-corrected chi connectivity index (χ3v) is 3.73. The van der Waals surface area contributed by atoms with Crippen LogP contribution in [0.5, 0.6) is 0 Å². The van der Waals surface area contributed by atoms with Crippen LogP contribution < -0.4 is 0 Å². The van der Waals surface area contributed by atoms with E-state index < -0.39 is 5.97 Å². The van der Waals surface area contributed by atoms with Gasteiger partial charge in [0.2, 0.25) is 0 Å². The second kappa shape index (κ2) is 4.89. The Hall–Kier alpha value is -1.69. The highest BCUT2D eigenvalue weighted by atomic mass is 32.1. The fraction of sp³-hybridized carbons (Fsp3) is 0.417. The van der Waals surface area contributed by atoms with Crippen molar-refractivity contribution in [2.45, 2.75) is 33.7 Å². The molecule has 6 heteroatoms. The van der Waals surface area contributed by atoms with Crippen molar-refractivity contribution < 1.29 is 9.90 Å². The van der Waals surface area contributed by atoms with Gasteiger partial charge in [-0.2, -0.15) is 5.10 Å². The number of hydrogen-bond acceptors (Lipinski definition) is 4. The maximum Gasteiger partial charge on any atom is 0.307 e. The highest BCUT2D eigenvalue weighted by Gasteiger charge is 2.14. The van der Waals surface area contributed by atoms with Crippen LogP contribution in [0.25, 0.3) is 0 Å². The average molecular weight is 265 g/mol. The lowest BCUT2D eigenvalue weighted by Gasteiger charge is -2.02. The first-order chi connectivity index (χ1) is 8.47. The quantitative estimate of drug-likeness (QED) is 0.917. The van der Waals surface area contributed by atoms with E-state index in [0.717, 1.165) is 26.8 Å². The Kier molecular flexibility index (Phi) is 3.47. The lowest BCUT2D eigenvalue weighted by Crippen LogP contribution is -2.05. The molecule has 2 heterocycles. The highest BCUT2D eigenvalue weighted by Crippen LogP contribution is 2.18. The van der Waals surface area contributed by atoms with Crippen molar-refractivity contribution in [2.24, 2.45) is 0 Å². The van der Waals surface area contributed by atoms with E-state index in [1.54, 1.807) is 11.3 Å². The van der Waals surface area contributed by atoms with Gasteiger partial charge in [0.25, 0.3) is 0 Å². The first-order valence-electron chi connectivity index (χ1n) is 5.63. The molecule has 2 aromatic rings. The molecule has 0 aliphatic rings. The van der Waals surface area contributed by atoms with Crippen LogP contribution in [-0.4, -0.2) is 25.8 Å². The number of carbonyl (C=O) groups is 1. The number of carboxylic acids is 1. The fourth-order valence-electron chi connectivity index (χ4n) is 1.92. The van der Waals surface area contributed by atoms with Crippen molar-refractivity contribution in [2.75, 3.05) is 0 Å². The zero-order valence-electron chi connectivity index (χ0n) is 10.6. The fourth-order valence-corrected chi connectivity index (χ4v) is 2.70. The molecule has 0 saturated carbocycles. The molecule has 0 saturated heterocycles. The van der Waals surface area contributed by atoms with Crippen molar-refractivity contribution in [1.29, 1.82) is 0 Å². The molecule has 0 radical (unpaired) electrons. The Morgan fingerprint density at radius 2 is 2.17 bits per heavy atom. The van der Waals surface area contributed by atoms with Gasteiger partial charge < -0.3 is 5.11 Å². The van der Waals surface area contributed by atoms with Crippen LogP contribution in [0.1, 0.15) is 26.8 Å². The molecule has 2 aromatic heterocycles. The standard InChI is InChI=1S/C12H15N3O2S/c1-7-11(4-12(16)17)8(2)15(14-7)6-10-5-13-9(3)18-10/h5H,4,6H2,1-3H3,(H,16,17). The largest absolute Gasteiger partial charge is 0.481 e. The number of aromatic nitrogens is 3. The molecule has 0 bridgehead atoms. The molecule has 0 aliphatic heterocycles. The summed E-state index contributed by atoms with van der Waals surface area (Å²) in [6.45, 7) is 6.37. The lowest BCUT2D eigenvalue weighted by molar-refractivity contribution is -0.136. The van der Waals surface area contributed by atoms with Crippen molar-refractivity contribution in [3.8, 4) is 0 Å². The summed E-state index contributed by atoms with van der Waals surface area (Å²) >= 11 is 1.63. The molecule has 0 spiro atoms. The minimum atomic E-state index is -0.825. The number of rotatable bonds is 4. The van der Waals surface area contributed by atoms with Crippen LogP contribution in [0.4, 0.5) is 0 Å². The van der Waals surface area contributed by atoms with Gasteiger partial charge >= 0.3 is 5.97 Å². The predicted octanol–water partition coefficient (Wildman–Crippen LogP) is 1.94. The van der Waals surface area contributed by atoms with Crippen LogP contribution >= 0.6 is 11.3 Å².